The number of carbonyl (C=O) groups is 2. The van der Waals surface area contributed by atoms with Crippen LogP contribution in [0, 0.1) is 6.92 Å². The van der Waals surface area contributed by atoms with Gasteiger partial charge in [0.15, 0.2) is 0 Å². The highest BCUT2D eigenvalue weighted by molar-refractivity contribution is 6.14. The van der Waals surface area contributed by atoms with E-state index in [0.717, 1.165) is 22.1 Å². The molecule has 5 rings (SSSR count). The smallest absolute Gasteiger partial charge is 0.293 e. The molecule has 0 aliphatic rings. The maximum absolute atomic E-state index is 12.9. The van der Waals surface area contributed by atoms with Crippen molar-refractivity contribution in [3.63, 3.8) is 0 Å². The molecule has 0 bridgehead atoms. The number of benzene rings is 3. The van der Waals surface area contributed by atoms with E-state index in [9.17, 15) is 9.59 Å². The molecule has 0 radical (unpaired) electrons. The van der Waals surface area contributed by atoms with E-state index >= 15 is 0 Å². The quantitative estimate of drug-likeness (QED) is 0.367. The summed E-state index contributed by atoms with van der Waals surface area (Å²) in [5.74, 6) is -0.656. The number of furan rings is 2. The second-order valence-electron chi connectivity index (χ2n) is 7.61. The molecule has 2 amide bonds. The number of fused-ring (bicyclic) bond motifs is 2. The van der Waals surface area contributed by atoms with Gasteiger partial charge < -0.3 is 19.5 Å². The molecule has 2 N–H and O–H groups in total. The molecular formula is C26H20N2O4. The number of rotatable bonds is 5. The Hall–Kier alpha value is -4.32. The van der Waals surface area contributed by atoms with Gasteiger partial charge in [-0.05, 0) is 42.8 Å². The average molecular weight is 424 g/mol. The summed E-state index contributed by atoms with van der Waals surface area (Å²) in [6, 6.07) is 22.2. The van der Waals surface area contributed by atoms with E-state index in [0.29, 0.717) is 22.3 Å². The van der Waals surface area contributed by atoms with Crippen molar-refractivity contribution in [1.29, 1.82) is 0 Å². The van der Waals surface area contributed by atoms with Gasteiger partial charge in [-0.3, -0.25) is 9.59 Å². The zero-order chi connectivity index (χ0) is 22.1. The summed E-state index contributed by atoms with van der Waals surface area (Å²) in [4.78, 5) is 25.9. The fourth-order valence-corrected chi connectivity index (χ4v) is 3.72. The lowest BCUT2D eigenvalue weighted by molar-refractivity contribution is -0.115. The summed E-state index contributed by atoms with van der Waals surface area (Å²) in [5.41, 5.74) is 4.11. The van der Waals surface area contributed by atoms with Crippen LogP contribution in [-0.2, 0) is 11.2 Å². The van der Waals surface area contributed by atoms with Crippen molar-refractivity contribution < 1.29 is 18.4 Å². The van der Waals surface area contributed by atoms with Crippen molar-refractivity contribution in [3.8, 4) is 0 Å². The van der Waals surface area contributed by atoms with Gasteiger partial charge in [-0.1, -0.05) is 42.5 Å². The summed E-state index contributed by atoms with van der Waals surface area (Å²) in [6.07, 6.45) is 1.70. The molecule has 32 heavy (non-hydrogen) atoms. The van der Waals surface area contributed by atoms with Crippen molar-refractivity contribution in [2.45, 2.75) is 13.3 Å². The highest BCUT2D eigenvalue weighted by Crippen LogP contribution is 2.32. The number of para-hydroxylation sites is 2. The summed E-state index contributed by atoms with van der Waals surface area (Å²) in [5, 5.41) is 7.24. The molecule has 0 atom stereocenters. The molecule has 0 aliphatic heterocycles. The fraction of sp³-hybridized carbons (Fsp3) is 0.0769. The van der Waals surface area contributed by atoms with Crippen LogP contribution >= 0.6 is 0 Å². The van der Waals surface area contributed by atoms with E-state index in [-0.39, 0.29) is 18.1 Å². The molecule has 158 valence electrons. The molecule has 3 aromatic carbocycles. The minimum absolute atomic E-state index is 0.0519. The second-order valence-corrected chi connectivity index (χ2v) is 7.61. The van der Waals surface area contributed by atoms with Gasteiger partial charge in [-0.25, -0.2) is 0 Å². The number of aryl methyl sites for hydroxylation is 1. The van der Waals surface area contributed by atoms with Crippen LogP contribution in [0.2, 0.25) is 0 Å². The number of anilines is 2. The standard InChI is InChI=1S/C26H20N2O4/c1-16-11-12-19-17(15-31-22(19)13-16)14-23(29)28-24-20-9-5-6-10-21(20)32-25(24)26(30)27-18-7-3-2-4-8-18/h2-13,15H,14H2,1H3,(H,27,30)(H,28,29). The molecule has 0 aliphatic carbocycles. The van der Waals surface area contributed by atoms with Gasteiger partial charge in [0.2, 0.25) is 11.7 Å². The Kier molecular flexibility index (Phi) is 4.95. The number of hydrogen-bond acceptors (Lipinski definition) is 4. The number of carbonyl (C=O) groups excluding carboxylic acids is 2. The van der Waals surface area contributed by atoms with Crippen LogP contribution in [0.3, 0.4) is 0 Å². The van der Waals surface area contributed by atoms with Gasteiger partial charge in [0.1, 0.15) is 16.9 Å². The number of hydrogen-bond donors (Lipinski definition) is 2. The maximum atomic E-state index is 12.9. The highest BCUT2D eigenvalue weighted by atomic mass is 16.3. The van der Waals surface area contributed by atoms with Crippen LogP contribution in [0.1, 0.15) is 21.7 Å². The lowest BCUT2D eigenvalue weighted by Crippen LogP contribution is -2.18. The Morgan fingerprint density at radius 2 is 1.62 bits per heavy atom. The largest absolute Gasteiger partial charge is 0.464 e. The maximum Gasteiger partial charge on any atom is 0.293 e. The van der Waals surface area contributed by atoms with E-state index < -0.39 is 5.91 Å². The van der Waals surface area contributed by atoms with Crippen molar-refractivity contribution in [3.05, 3.63) is 95.9 Å². The van der Waals surface area contributed by atoms with E-state index in [4.69, 9.17) is 8.83 Å². The van der Waals surface area contributed by atoms with Crippen LogP contribution in [0.25, 0.3) is 21.9 Å². The van der Waals surface area contributed by atoms with Crippen LogP contribution in [0.15, 0.2) is 87.9 Å². The van der Waals surface area contributed by atoms with Crippen molar-refractivity contribution >= 4 is 45.1 Å². The zero-order valence-corrected chi connectivity index (χ0v) is 17.3. The Labute approximate surface area is 183 Å². The summed E-state index contributed by atoms with van der Waals surface area (Å²) in [6.45, 7) is 1.99. The number of amides is 2. The molecular weight excluding hydrogens is 404 g/mol. The molecule has 6 heteroatoms. The van der Waals surface area contributed by atoms with E-state index in [1.165, 1.54) is 0 Å². The first-order valence-corrected chi connectivity index (χ1v) is 10.2. The van der Waals surface area contributed by atoms with Gasteiger partial charge in [0, 0.05) is 22.0 Å². The van der Waals surface area contributed by atoms with Gasteiger partial charge in [0.05, 0.1) is 12.7 Å². The van der Waals surface area contributed by atoms with Gasteiger partial charge in [0.25, 0.3) is 5.91 Å². The summed E-state index contributed by atoms with van der Waals surface area (Å²) in [7, 11) is 0. The lowest BCUT2D eigenvalue weighted by Gasteiger charge is -2.07. The van der Waals surface area contributed by atoms with Crippen molar-refractivity contribution in [2.75, 3.05) is 10.6 Å². The molecule has 0 saturated heterocycles. The van der Waals surface area contributed by atoms with Gasteiger partial charge in [-0.15, -0.1) is 0 Å². The topological polar surface area (TPSA) is 84.5 Å². The average Bonchev–Trinajstić information content (AvgIpc) is 3.35. The monoisotopic (exact) mass is 424 g/mol. The second kappa shape index (κ2) is 8.07. The molecule has 2 heterocycles. The third-order valence-electron chi connectivity index (χ3n) is 5.26. The predicted molar refractivity (Wildman–Crippen MR) is 124 cm³/mol. The van der Waals surface area contributed by atoms with Crippen LogP contribution in [-0.4, -0.2) is 11.8 Å². The fourth-order valence-electron chi connectivity index (χ4n) is 3.72. The Bertz CT molecular complexity index is 1450. The van der Waals surface area contributed by atoms with Crippen LogP contribution in [0.5, 0.6) is 0 Å². The van der Waals surface area contributed by atoms with Gasteiger partial charge >= 0.3 is 0 Å². The predicted octanol–water partition coefficient (Wildman–Crippen LogP) is 5.92. The van der Waals surface area contributed by atoms with Gasteiger partial charge in [-0.2, -0.15) is 0 Å². The van der Waals surface area contributed by atoms with Crippen molar-refractivity contribution in [2.24, 2.45) is 0 Å². The SMILES string of the molecule is Cc1ccc2c(CC(=O)Nc3c(C(=O)Nc4ccccc4)oc4ccccc34)coc2c1. The molecule has 0 spiro atoms. The molecule has 5 aromatic rings. The first kappa shape index (κ1) is 19.6. The third kappa shape index (κ3) is 3.74. The first-order valence-electron chi connectivity index (χ1n) is 10.2. The molecule has 0 unspecified atom stereocenters. The normalized spacial score (nSPS) is 11.0. The minimum atomic E-state index is -0.438. The zero-order valence-electron chi connectivity index (χ0n) is 17.3. The van der Waals surface area contributed by atoms with Crippen LogP contribution < -0.4 is 10.6 Å². The third-order valence-corrected chi connectivity index (χ3v) is 5.26. The molecule has 6 nitrogen and oxygen atoms in total. The number of nitrogens with one attached hydrogen (secondary N) is 2. The van der Waals surface area contributed by atoms with E-state index in [1.54, 1.807) is 24.5 Å². The Morgan fingerprint density at radius 3 is 2.47 bits per heavy atom. The Balaban J connectivity index is 1.44. The van der Waals surface area contributed by atoms with E-state index in [2.05, 4.69) is 10.6 Å². The van der Waals surface area contributed by atoms with E-state index in [1.807, 2.05) is 61.5 Å². The minimum Gasteiger partial charge on any atom is -0.464 e. The lowest BCUT2D eigenvalue weighted by atomic mass is 10.1. The molecule has 0 fully saturated rings. The molecule has 0 saturated carbocycles. The Morgan fingerprint density at radius 1 is 0.844 bits per heavy atom. The summed E-state index contributed by atoms with van der Waals surface area (Å²) >= 11 is 0. The van der Waals surface area contributed by atoms with Crippen molar-refractivity contribution in [1.82, 2.24) is 0 Å². The molecule has 2 aromatic heterocycles. The van der Waals surface area contributed by atoms with Crippen LogP contribution in [0.4, 0.5) is 11.4 Å². The summed E-state index contributed by atoms with van der Waals surface area (Å²) < 4.78 is 11.4. The first-order chi connectivity index (χ1) is 15.6. The highest BCUT2D eigenvalue weighted by Gasteiger charge is 2.23.